The second-order valence-electron chi connectivity index (χ2n) is 3.43. The molecule has 0 aliphatic heterocycles. The molecule has 0 aliphatic rings. The maximum Gasteiger partial charge on any atom is 0.387 e. The van der Waals surface area contributed by atoms with Crippen LogP contribution in [0.3, 0.4) is 0 Å². The molecule has 0 amide bonds. The van der Waals surface area contributed by atoms with E-state index in [0.29, 0.717) is 11.1 Å². The summed E-state index contributed by atoms with van der Waals surface area (Å²) in [4.78, 5) is 10.6. The minimum Gasteiger partial charge on any atom is -0.481 e. The Morgan fingerprint density at radius 2 is 2.06 bits per heavy atom. The van der Waals surface area contributed by atoms with E-state index in [1.54, 1.807) is 19.9 Å². The van der Waals surface area contributed by atoms with Crippen LogP contribution in [0.2, 0.25) is 0 Å². The highest BCUT2D eigenvalue weighted by Crippen LogP contribution is 2.26. The SMILES string of the molecule is Cc1ccc(OC(F)F)c(C)c1CC(=O)O. The summed E-state index contributed by atoms with van der Waals surface area (Å²) >= 11 is 0. The number of aryl methyl sites for hydroxylation is 1. The Bertz CT molecular complexity index is 402. The van der Waals surface area contributed by atoms with Gasteiger partial charge in [0.2, 0.25) is 0 Å². The Labute approximate surface area is 91.7 Å². The van der Waals surface area contributed by atoms with Gasteiger partial charge in [-0.2, -0.15) is 8.78 Å². The summed E-state index contributed by atoms with van der Waals surface area (Å²) in [6.07, 6.45) is -0.196. The molecule has 0 saturated carbocycles. The Kier molecular flexibility index (Phi) is 3.82. The van der Waals surface area contributed by atoms with E-state index in [1.807, 2.05) is 0 Å². The molecular formula is C11H12F2O3. The Morgan fingerprint density at radius 1 is 1.44 bits per heavy atom. The molecule has 3 nitrogen and oxygen atoms in total. The Balaban J connectivity index is 3.10. The fraction of sp³-hybridized carbons (Fsp3) is 0.364. The van der Waals surface area contributed by atoms with Crippen molar-refractivity contribution in [1.82, 2.24) is 0 Å². The summed E-state index contributed by atoms with van der Waals surface area (Å²) in [5.41, 5.74) is 1.72. The van der Waals surface area contributed by atoms with Gasteiger partial charge in [0.1, 0.15) is 5.75 Å². The molecule has 0 saturated heterocycles. The van der Waals surface area contributed by atoms with Crippen LogP contribution < -0.4 is 4.74 Å². The van der Waals surface area contributed by atoms with Gasteiger partial charge in [-0.15, -0.1) is 0 Å². The largest absolute Gasteiger partial charge is 0.481 e. The van der Waals surface area contributed by atoms with Crippen LogP contribution in [0.4, 0.5) is 8.78 Å². The van der Waals surface area contributed by atoms with Crippen LogP contribution in [-0.4, -0.2) is 17.7 Å². The first-order valence-corrected chi connectivity index (χ1v) is 4.67. The number of rotatable bonds is 4. The number of benzene rings is 1. The van der Waals surface area contributed by atoms with Crippen LogP contribution in [-0.2, 0) is 11.2 Å². The third-order valence-corrected chi connectivity index (χ3v) is 2.33. The van der Waals surface area contributed by atoms with Crippen LogP contribution in [0.5, 0.6) is 5.75 Å². The molecule has 0 radical (unpaired) electrons. The van der Waals surface area contributed by atoms with Gasteiger partial charge in [0.05, 0.1) is 6.42 Å². The molecule has 5 heteroatoms. The zero-order chi connectivity index (χ0) is 12.3. The van der Waals surface area contributed by atoms with Crippen LogP contribution in [0, 0.1) is 13.8 Å². The monoisotopic (exact) mass is 230 g/mol. The maximum atomic E-state index is 12.1. The molecule has 0 fully saturated rings. The minimum absolute atomic E-state index is 0.0249. The molecule has 0 unspecified atom stereocenters. The highest BCUT2D eigenvalue weighted by molar-refractivity contribution is 5.72. The van der Waals surface area contributed by atoms with E-state index >= 15 is 0 Å². The smallest absolute Gasteiger partial charge is 0.387 e. The van der Waals surface area contributed by atoms with Gasteiger partial charge in [-0.1, -0.05) is 6.07 Å². The average Bonchev–Trinajstić information content (AvgIpc) is 2.16. The molecule has 16 heavy (non-hydrogen) atoms. The van der Waals surface area contributed by atoms with Crippen molar-refractivity contribution in [1.29, 1.82) is 0 Å². The van der Waals surface area contributed by atoms with Crippen LogP contribution in [0.1, 0.15) is 16.7 Å². The zero-order valence-electron chi connectivity index (χ0n) is 8.96. The first kappa shape index (κ1) is 12.4. The number of hydrogen-bond acceptors (Lipinski definition) is 2. The van der Waals surface area contributed by atoms with Gasteiger partial charge >= 0.3 is 12.6 Å². The lowest BCUT2D eigenvalue weighted by atomic mass is 9.99. The normalized spacial score (nSPS) is 10.6. The fourth-order valence-electron chi connectivity index (χ4n) is 1.52. The topological polar surface area (TPSA) is 46.5 Å². The molecule has 1 N–H and O–H groups in total. The van der Waals surface area contributed by atoms with Crippen molar-refractivity contribution < 1.29 is 23.4 Å². The summed E-state index contributed by atoms with van der Waals surface area (Å²) < 4.78 is 28.4. The standard InChI is InChI=1S/C11H12F2O3/c1-6-3-4-9(16-11(12)13)7(2)8(6)5-10(14)15/h3-4,11H,5H2,1-2H3,(H,14,15). The van der Waals surface area contributed by atoms with E-state index in [2.05, 4.69) is 4.74 Å². The van der Waals surface area contributed by atoms with Crippen LogP contribution >= 0.6 is 0 Å². The van der Waals surface area contributed by atoms with Crippen molar-refractivity contribution in [3.63, 3.8) is 0 Å². The second-order valence-corrected chi connectivity index (χ2v) is 3.43. The van der Waals surface area contributed by atoms with Crippen LogP contribution in [0.15, 0.2) is 12.1 Å². The first-order valence-electron chi connectivity index (χ1n) is 4.67. The second kappa shape index (κ2) is 4.92. The number of carboxylic acid groups (broad SMARTS) is 1. The van der Waals surface area contributed by atoms with Crippen molar-refractivity contribution in [2.24, 2.45) is 0 Å². The van der Waals surface area contributed by atoms with Crippen molar-refractivity contribution in [2.45, 2.75) is 26.9 Å². The molecule has 0 bridgehead atoms. The van der Waals surface area contributed by atoms with Crippen molar-refractivity contribution >= 4 is 5.97 Å². The molecule has 0 atom stereocenters. The molecule has 1 rings (SSSR count). The van der Waals surface area contributed by atoms with E-state index < -0.39 is 12.6 Å². The number of alkyl halides is 2. The number of carbonyl (C=O) groups is 1. The predicted molar refractivity (Wildman–Crippen MR) is 53.9 cm³/mol. The molecule has 0 spiro atoms. The summed E-state index contributed by atoms with van der Waals surface area (Å²) in [6.45, 7) is 0.402. The summed E-state index contributed by atoms with van der Waals surface area (Å²) in [5, 5.41) is 8.70. The van der Waals surface area contributed by atoms with Gasteiger partial charge in [-0.05, 0) is 36.6 Å². The van der Waals surface area contributed by atoms with Gasteiger partial charge in [0.15, 0.2) is 0 Å². The van der Waals surface area contributed by atoms with Crippen molar-refractivity contribution in [3.8, 4) is 5.75 Å². The van der Waals surface area contributed by atoms with E-state index in [1.165, 1.54) is 6.07 Å². The summed E-state index contributed by atoms with van der Waals surface area (Å²) in [6, 6.07) is 2.99. The number of ether oxygens (including phenoxy) is 1. The zero-order valence-corrected chi connectivity index (χ0v) is 8.96. The number of halogens is 2. The highest BCUT2D eigenvalue weighted by atomic mass is 19.3. The lowest BCUT2D eigenvalue weighted by Gasteiger charge is -2.13. The summed E-state index contributed by atoms with van der Waals surface area (Å²) in [7, 11) is 0. The maximum absolute atomic E-state index is 12.1. The fourth-order valence-corrected chi connectivity index (χ4v) is 1.52. The lowest BCUT2D eigenvalue weighted by Crippen LogP contribution is -2.08. The van der Waals surface area contributed by atoms with Gasteiger partial charge in [-0.3, -0.25) is 4.79 Å². The summed E-state index contributed by atoms with van der Waals surface area (Å²) in [5.74, 6) is -0.975. The third-order valence-electron chi connectivity index (χ3n) is 2.33. The Morgan fingerprint density at radius 3 is 2.56 bits per heavy atom. The van der Waals surface area contributed by atoms with E-state index in [9.17, 15) is 13.6 Å². The number of aliphatic carboxylic acids is 1. The molecule has 1 aromatic carbocycles. The van der Waals surface area contributed by atoms with E-state index in [-0.39, 0.29) is 12.2 Å². The molecular weight excluding hydrogens is 218 g/mol. The van der Waals surface area contributed by atoms with Crippen molar-refractivity contribution in [2.75, 3.05) is 0 Å². The molecule has 88 valence electrons. The molecule has 1 aromatic rings. The lowest BCUT2D eigenvalue weighted by molar-refractivity contribution is -0.136. The molecule has 0 aliphatic carbocycles. The Hall–Kier alpha value is -1.65. The molecule has 0 heterocycles. The van der Waals surface area contributed by atoms with Crippen LogP contribution in [0.25, 0.3) is 0 Å². The number of carboxylic acids is 1. The van der Waals surface area contributed by atoms with Crippen molar-refractivity contribution in [3.05, 3.63) is 28.8 Å². The van der Waals surface area contributed by atoms with Gasteiger partial charge in [-0.25, -0.2) is 0 Å². The van der Waals surface area contributed by atoms with Gasteiger partial charge in [0.25, 0.3) is 0 Å². The number of hydrogen-bond donors (Lipinski definition) is 1. The highest BCUT2D eigenvalue weighted by Gasteiger charge is 2.14. The minimum atomic E-state index is -2.90. The quantitative estimate of drug-likeness (QED) is 0.864. The van der Waals surface area contributed by atoms with Gasteiger partial charge < -0.3 is 9.84 Å². The molecule has 0 aromatic heterocycles. The van der Waals surface area contributed by atoms with E-state index in [0.717, 1.165) is 5.56 Å². The predicted octanol–water partition coefficient (Wildman–Crippen LogP) is 2.53. The van der Waals surface area contributed by atoms with Gasteiger partial charge in [0, 0.05) is 0 Å². The average molecular weight is 230 g/mol. The van der Waals surface area contributed by atoms with E-state index in [4.69, 9.17) is 5.11 Å². The third kappa shape index (κ3) is 2.92. The first-order chi connectivity index (χ1) is 7.41.